The van der Waals surface area contributed by atoms with Crippen molar-refractivity contribution in [3.8, 4) is 11.3 Å². The Morgan fingerprint density at radius 1 is 1.16 bits per heavy atom. The summed E-state index contributed by atoms with van der Waals surface area (Å²) < 4.78 is 6.65. The normalized spacial score (nSPS) is 10.5. The van der Waals surface area contributed by atoms with Crippen molar-refractivity contribution >= 4 is 39.9 Å². The van der Waals surface area contributed by atoms with E-state index in [4.69, 9.17) is 4.42 Å². The number of hydrogen-bond donors (Lipinski definition) is 1. The van der Waals surface area contributed by atoms with Gasteiger partial charge in [-0.25, -0.2) is 0 Å². The lowest BCUT2D eigenvalue weighted by atomic mass is 10.1. The standard InChI is InChI=1S/C18H13IN2O4/c1-11-9-13(19)5-6-15(11)20-18(22)17-8-7-16(25-17)12-3-2-4-14(10-12)21(23)24/h2-10H,1H3,(H,20,22). The first-order chi connectivity index (χ1) is 11.9. The van der Waals surface area contributed by atoms with Gasteiger partial charge in [0.25, 0.3) is 11.6 Å². The second-order valence-corrected chi connectivity index (χ2v) is 6.63. The SMILES string of the molecule is Cc1cc(I)ccc1NC(=O)c1ccc(-c2cccc([N+](=O)[O-])c2)o1. The number of amides is 1. The van der Waals surface area contributed by atoms with Gasteiger partial charge >= 0.3 is 0 Å². The lowest BCUT2D eigenvalue weighted by Gasteiger charge is -2.07. The Hall–Kier alpha value is -2.68. The van der Waals surface area contributed by atoms with E-state index in [-0.39, 0.29) is 17.4 Å². The molecule has 0 spiro atoms. The number of nitro groups is 1. The molecule has 25 heavy (non-hydrogen) atoms. The number of aryl methyl sites for hydroxylation is 1. The number of benzene rings is 2. The molecule has 1 aromatic heterocycles. The summed E-state index contributed by atoms with van der Waals surface area (Å²) in [5.41, 5.74) is 2.16. The minimum absolute atomic E-state index is 0.0329. The van der Waals surface area contributed by atoms with Gasteiger partial charge in [-0.1, -0.05) is 12.1 Å². The predicted molar refractivity (Wildman–Crippen MR) is 103 cm³/mol. The Balaban J connectivity index is 1.82. The van der Waals surface area contributed by atoms with E-state index >= 15 is 0 Å². The van der Waals surface area contributed by atoms with E-state index in [0.717, 1.165) is 9.13 Å². The Morgan fingerprint density at radius 2 is 1.96 bits per heavy atom. The maximum absolute atomic E-state index is 12.4. The van der Waals surface area contributed by atoms with E-state index in [0.29, 0.717) is 17.0 Å². The molecule has 0 radical (unpaired) electrons. The van der Waals surface area contributed by atoms with Crippen LogP contribution in [0.15, 0.2) is 59.0 Å². The van der Waals surface area contributed by atoms with E-state index in [2.05, 4.69) is 27.9 Å². The number of nitrogens with zero attached hydrogens (tertiary/aromatic N) is 1. The first-order valence-corrected chi connectivity index (χ1v) is 8.44. The first kappa shape index (κ1) is 17.2. The van der Waals surface area contributed by atoms with E-state index in [1.807, 2.05) is 25.1 Å². The molecule has 1 amide bonds. The number of carbonyl (C=O) groups is 1. The van der Waals surface area contributed by atoms with Gasteiger partial charge in [-0.2, -0.15) is 0 Å². The number of furan rings is 1. The van der Waals surface area contributed by atoms with Gasteiger partial charge in [-0.15, -0.1) is 0 Å². The van der Waals surface area contributed by atoms with Crippen molar-refractivity contribution in [2.45, 2.75) is 6.92 Å². The molecule has 0 aliphatic rings. The van der Waals surface area contributed by atoms with Crippen molar-refractivity contribution in [3.05, 3.63) is 79.6 Å². The molecule has 0 bridgehead atoms. The van der Waals surface area contributed by atoms with Crippen LogP contribution in [0.5, 0.6) is 0 Å². The monoisotopic (exact) mass is 448 g/mol. The number of carbonyl (C=O) groups excluding carboxylic acids is 1. The smallest absolute Gasteiger partial charge is 0.291 e. The number of hydrogen-bond acceptors (Lipinski definition) is 4. The van der Waals surface area contributed by atoms with Gasteiger partial charge in [0.05, 0.1) is 4.92 Å². The van der Waals surface area contributed by atoms with Gasteiger partial charge in [-0.05, 0) is 65.4 Å². The molecule has 2 aromatic carbocycles. The number of anilines is 1. The molecule has 126 valence electrons. The second kappa shape index (κ2) is 7.06. The minimum Gasteiger partial charge on any atom is -0.451 e. The molecular weight excluding hydrogens is 435 g/mol. The summed E-state index contributed by atoms with van der Waals surface area (Å²) >= 11 is 2.21. The average Bonchev–Trinajstić information content (AvgIpc) is 3.07. The van der Waals surface area contributed by atoms with Crippen LogP contribution in [0.4, 0.5) is 11.4 Å². The molecule has 1 heterocycles. The first-order valence-electron chi connectivity index (χ1n) is 7.36. The highest BCUT2D eigenvalue weighted by Gasteiger charge is 2.15. The van der Waals surface area contributed by atoms with Crippen molar-refractivity contribution in [2.75, 3.05) is 5.32 Å². The summed E-state index contributed by atoms with van der Waals surface area (Å²) in [4.78, 5) is 22.8. The van der Waals surface area contributed by atoms with Gasteiger partial charge in [-0.3, -0.25) is 14.9 Å². The lowest BCUT2D eigenvalue weighted by Crippen LogP contribution is -2.11. The van der Waals surface area contributed by atoms with Crippen LogP contribution in [-0.2, 0) is 0 Å². The molecule has 0 saturated carbocycles. The maximum Gasteiger partial charge on any atom is 0.291 e. The zero-order chi connectivity index (χ0) is 18.0. The average molecular weight is 448 g/mol. The number of nitrogens with one attached hydrogen (secondary N) is 1. The van der Waals surface area contributed by atoms with E-state index in [1.165, 1.54) is 12.1 Å². The minimum atomic E-state index is -0.473. The lowest BCUT2D eigenvalue weighted by molar-refractivity contribution is -0.384. The Labute approximate surface area is 157 Å². The number of halogens is 1. The van der Waals surface area contributed by atoms with Crippen LogP contribution < -0.4 is 5.32 Å². The van der Waals surface area contributed by atoms with Crippen LogP contribution in [-0.4, -0.2) is 10.8 Å². The maximum atomic E-state index is 12.4. The molecule has 0 unspecified atom stereocenters. The Bertz CT molecular complexity index is 965. The fraction of sp³-hybridized carbons (Fsp3) is 0.0556. The molecule has 0 aliphatic heterocycles. The topological polar surface area (TPSA) is 85.4 Å². The zero-order valence-corrected chi connectivity index (χ0v) is 15.3. The number of non-ortho nitro benzene ring substituents is 1. The highest BCUT2D eigenvalue weighted by Crippen LogP contribution is 2.26. The summed E-state index contributed by atoms with van der Waals surface area (Å²) in [7, 11) is 0. The Kier molecular flexibility index (Phi) is 4.84. The van der Waals surface area contributed by atoms with Crippen LogP contribution in [0.3, 0.4) is 0 Å². The molecule has 0 aliphatic carbocycles. The third kappa shape index (κ3) is 3.87. The summed E-state index contributed by atoms with van der Waals surface area (Å²) in [5.74, 6) is 0.161. The van der Waals surface area contributed by atoms with E-state index < -0.39 is 4.92 Å². The van der Waals surface area contributed by atoms with E-state index in [9.17, 15) is 14.9 Å². The highest BCUT2D eigenvalue weighted by molar-refractivity contribution is 14.1. The largest absolute Gasteiger partial charge is 0.451 e. The second-order valence-electron chi connectivity index (χ2n) is 5.38. The third-order valence-electron chi connectivity index (χ3n) is 3.61. The molecule has 0 fully saturated rings. The Morgan fingerprint density at radius 3 is 2.68 bits per heavy atom. The molecule has 1 N–H and O–H groups in total. The third-order valence-corrected chi connectivity index (χ3v) is 4.28. The van der Waals surface area contributed by atoms with Crippen molar-refractivity contribution < 1.29 is 14.1 Å². The zero-order valence-electron chi connectivity index (χ0n) is 13.2. The van der Waals surface area contributed by atoms with Gasteiger partial charge in [0.1, 0.15) is 5.76 Å². The summed E-state index contributed by atoms with van der Waals surface area (Å²) in [6.07, 6.45) is 0. The molecule has 0 atom stereocenters. The predicted octanol–water partition coefficient (Wildman–Crippen LogP) is 5.02. The summed E-state index contributed by atoms with van der Waals surface area (Å²) in [6.45, 7) is 1.91. The van der Waals surface area contributed by atoms with Gasteiger partial charge < -0.3 is 9.73 Å². The van der Waals surface area contributed by atoms with Crippen molar-refractivity contribution in [2.24, 2.45) is 0 Å². The van der Waals surface area contributed by atoms with Gasteiger partial charge in [0.15, 0.2) is 5.76 Å². The van der Waals surface area contributed by atoms with E-state index in [1.54, 1.807) is 24.3 Å². The summed E-state index contributed by atoms with van der Waals surface area (Å²) in [5, 5.41) is 13.7. The van der Waals surface area contributed by atoms with Crippen molar-refractivity contribution in [1.82, 2.24) is 0 Å². The molecule has 6 nitrogen and oxygen atoms in total. The quantitative estimate of drug-likeness (QED) is 0.345. The molecule has 3 aromatic rings. The van der Waals surface area contributed by atoms with Gasteiger partial charge in [0, 0.05) is 27.0 Å². The highest BCUT2D eigenvalue weighted by atomic mass is 127. The van der Waals surface area contributed by atoms with Crippen molar-refractivity contribution in [3.63, 3.8) is 0 Å². The van der Waals surface area contributed by atoms with Crippen LogP contribution in [0, 0.1) is 20.6 Å². The molecule has 0 saturated heterocycles. The van der Waals surface area contributed by atoms with Crippen LogP contribution in [0.1, 0.15) is 16.1 Å². The fourth-order valence-corrected chi connectivity index (χ4v) is 2.99. The number of rotatable bonds is 4. The summed E-state index contributed by atoms with van der Waals surface area (Å²) in [6, 6.07) is 14.9. The molecular formula is C18H13IN2O4. The van der Waals surface area contributed by atoms with Crippen LogP contribution >= 0.6 is 22.6 Å². The number of nitro benzene ring substituents is 1. The van der Waals surface area contributed by atoms with Gasteiger partial charge in [0.2, 0.25) is 0 Å². The van der Waals surface area contributed by atoms with Crippen LogP contribution in [0.25, 0.3) is 11.3 Å². The molecule has 3 rings (SSSR count). The van der Waals surface area contributed by atoms with Crippen molar-refractivity contribution in [1.29, 1.82) is 0 Å². The molecule has 7 heteroatoms. The van der Waals surface area contributed by atoms with Crippen LogP contribution in [0.2, 0.25) is 0 Å². The fourth-order valence-electron chi connectivity index (χ4n) is 2.34.